The monoisotopic (exact) mass is 263 g/mol. The van der Waals surface area contributed by atoms with E-state index in [0.29, 0.717) is 11.4 Å². The molecule has 1 fully saturated rings. The number of anilines is 2. The SMILES string of the molecule is CNc1cccc(NCC2(C)CCCC2)c1[N+](=O)[O-]. The molecular weight excluding hydrogens is 242 g/mol. The molecule has 0 radical (unpaired) electrons. The van der Waals surface area contributed by atoms with Gasteiger partial charge in [-0.2, -0.15) is 0 Å². The van der Waals surface area contributed by atoms with Crippen molar-refractivity contribution in [3.63, 3.8) is 0 Å². The lowest BCUT2D eigenvalue weighted by Gasteiger charge is -2.24. The van der Waals surface area contributed by atoms with Gasteiger partial charge in [0.25, 0.3) is 0 Å². The molecule has 1 aliphatic carbocycles. The van der Waals surface area contributed by atoms with Gasteiger partial charge in [0.05, 0.1) is 4.92 Å². The summed E-state index contributed by atoms with van der Waals surface area (Å²) in [6, 6.07) is 5.33. The number of nitro benzene ring substituents is 1. The van der Waals surface area contributed by atoms with Crippen molar-refractivity contribution < 1.29 is 4.92 Å². The van der Waals surface area contributed by atoms with Gasteiger partial charge in [0.2, 0.25) is 0 Å². The van der Waals surface area contributed by atoms with Gasteiger partial charge in [-0.25, -0.2) is 0 Å². The highest BCUT2D eigenvalue weighted by Gasteiger charge is 2.29. The normalized spacial score (nSPS) is 17.2. The van der Waals surface area contributed by atoms with E-state index in [0.717, 1.165) is 6.54 Å². The largest absolute Gasteiger partial charge is 0.382 e. The number of hydrogen-bond donors (Lipinski definition) is 2. The molecule has 0 amide bonds. The van der Waals surface area contributed by atoms with E-state index in [1.807, 2.05) is 6.07 Å². The summed E-state index contributed by atoms with van der Waals surface area (Å²) in [4.78, 5) is 10.9. The predicted octanol–water partition coefficient (Wildman–Crippen LogP) is 3.63. The summed E-state index contributed by atoms with van der Waals surface area (Å²) in [6.07, 6.45) is 4.91. The van der Waals surface area contributed by atoms with Gasteiger partial charge in [-0.3, -0.25) is 10.1 Å². The maximum Gasteiger partial charge on any atom is 0.315 e. The van der Waals surface area contributed by atoms with Crippen LogP contribution in [0.5, 0.6) is 0 Å². The highest BCUT2D eigenvalue weighted by Crippen LogP contribution is 2.39. The van der Waals surface area contributed by atoms with Crippen molar-refractivity contribution in [2.45, 2.75) is 32.6 Å². The molecule has 0 bridgehead atoms. The highest BCUT2D eigenvalue weighted by molar-refractivity contribution is 5.76. The van der Waals surface area contributed by atoms with Crippen LogP contribution in [0.25, 0.3) is 0 Å². The third kappa shape index (κ3) is 2.97. The lowest BCUT2D eigenvalue weighted by atomic mass is 9.89. The van der Waals surface area contributed by atoms with Crippen LogP contribution >= 0.6 is 0 Å². The molecule has 1 aromatic rings. The fraction of sp³-hybridized carbons (Fsp3) is 0.571. The second kappa shape index (κ2) is 5.47. The van der Waals surface area contributed by atoms with Crippen molar-refractivity contribution in [3.8, 4) is 0 Å². The zero-order chi connectivity index (χ0) is 13.9. The van der Waals surface area contributed by atoms with Gasteiger partial charge in [0.15, 0.2) is 0 Å². The Kier molecular flexibility index (Phi) is 3.93. The fourth-order valence-electron chi connectivity index (χ4n) is 2.80. The van der Waals surface area contributed by atoms with Crippen LogP contribution in [-0.4, -0.2) is 18.5 Å². The van der Waals surface area contributed by atoms with E-state index in [2.05, 4.69) is 17.6 Å². The van der Waals surface area contributed by atoms with Gasteiger partial charge in [-0.15, -0.1) is 0 Å². The highest BCUT2D eigenvalue weighted by atomic mass is 16.6. The molecule has 5 heteroatoms. The van der Waals surface area contributed by atoms with Gasteiger partial charge in [-0.1, -0.05) is 25.8 Å². The molecule has 0 atom stereocenters. The maximum absolute atomic E-state index is 11.2. The summed E-state index contributed by atoms with van der Waals surface area (Å²) < 4.78 is 0. The van der Waals surface area contributed by atoms with Crippen molar-refractivity contribution in [2.75, 3.05) is 24.2 Å². The molecule has 0 heterocycles. The number of benzene rings is 1. The summed E-state index contributed by atoms with van der Waals surface area (Å²) >= 11 is 0. The number of nitro groups is 1. The third-order valence-corrected chi connectivity index (χ3v) is 4.00. The van der Waals surface area contributed by atoms with Crippen LogP contribution in [0, 0.1) is 15.5 Å². The zero-order valence-corrected chi connectivity index (χ0v) is 11.5. The summed E-state index contributed by atoms with van der Waals surface area (Å²) in [6.45, 7) is 3.04. The Morgan fingerprint density at radius 3 is 2.53 bits per heavy atom. The summed E-state index contributed by atoms with van der Waals surface area (Å²) in [5, 5.41) is 17.3. The van der Waals surface area contributed by atoms with Crippen LogP contribution in [-0.2, 0) is 0 Å². The molecule has 1 aliphatic rings. The maximum atomic E-state index is 11.2. The average Bonchev–Trinajstić information content (AvgIpc) is 2.83. The third-order valence-electron chi connectivity index (χ3n) is 4.00. The Balaban J connectivity index is 2.17. The molecule has 0 aromatic heterocycles. The molecule has 0 spiro atoms. The standard InChI is InChI=1S/C14H21N3O2/c1-14(8-3-4-9-14)10-16-12-7-5-6-11(15-2)13(12)17(18)19/h5-7,15-16H,3-4,8-10H2,1-2H3. The van der Waals surface area contributed by atoms with Gasteiger partial charge >= 0.3 is 5.69 Å². The van der Waals surface area contributed by atoms with Gasteiger partial charge in [0.1, 0.15) is 11.4 Å². The number of nitrogens with one attached hydrogen (secondary N) is 2. The van der Waals surface area contributed by atoms with Crippen molar-refractivity contribution >= 4 is 17.1 Å². The minimum atomic E-state index is -0.328. The first-order valence-corrected chi connectivity index (χ1v) is 6.75. The second-order valence-corrected chi connectivity index (χ2v) is 5.58. The smallest absolute Gasteiger partial charge is 0.315 e. The van der Waals surface area contributed by atoms with Crippen LogP contribution in [0.2, 0.25) is 0 Å². The average molecular weight is 263 g/mol. The molecule has 0 aliphatic heterocycles. The van der Waals surface area contributed by atoms with Crippen LogP contribution in [0.15, 0.2) is 18.2 Å². The summed E-state index contributed by atoms with van der Waals surface area (Å²) in [5.74, 6) is 0. The summed E-state index contributed by atoms with van der Waals surface area (Å²) in [7, 11) is 1.70. The van der Waals surface area contributed by atoms with E-state index in [1.165, 1.54) is 25.7 Å². The van der Waals surface area contributed by atoms with E-state index in [1.54, 1.807) is 19.2 Å². The number of nitrogens with zero attached hydrogens (tertiary/aromatic N) is 1. The van der Waals surface area contributed by atoms with Crippen LogP contribution < -0.4 is 10.6 Å². The van der Waals surface area contributed by atoms with Crippen LogP contribution in [0.4, 0.5) is 17.1 Å². The first kappa shape index (κ1) is 13.6. The molecule has 1 saturated carbocycles. The fourth-order valence-corrected chi connectivity index (χ4v) is 2.80. The van der Waals surface area contributed by atoms with E-state index in [4.69, 9.17) is 0 Å². The molecule has 19 heavy (non-hydrogen) atoms. The Morgan fingerprint density at radius 1 is 1.32 bits per heavy atom. The van der Waals surface area contributed by atoms with E-state index in [9.17, 15) is 10.1 Å². The Morgan fingerprint density at radius 2 is 1.95 bits per heavy atom. The topological polar surface area (TPSA) is 67.2 Å². The first-order chi connectivity index (χ1) is 9.06. The molecule has 0 saturated heterocycles. The Labute approximate surface area is 113 Å². The van der Waals surface area contributed by atoms with Crippen molar-refractivity contribution in [3.05, 3.63) is 28.3 Å². The minimum Gasteiger partial charge on any atom is -0.382 e. The van der Waals surface area contributed by atoms with Crippen molar-refractivity contribution in [1.82, 2.24) is 0 Å². The lowest BCUT2D eigenvalue weighted by Crippen LogP contribution is -2.23. The molecule has 0 unspecified atom stereocenters. The van der Waals surface area contributed by atoms with Gasteiger partial charge in [0, 0.05) is 13.6 Å². The molecule has 2 rings (SSSR count). The minimum absolute atomic E-state index is 0.131. The predicted molar refractivity (Wildman–Crippen MR) is 77.7 cm³/mol. The molecule has 2 N–H and O–H groups in total. The first-order valence-electron chi connectivity index (χ1n) is 6.75. The van der Waals surface area contributed by atoms with E-state index in [-0.39, 0.29) is 16.0 Å². The van der Waals surface area contributed by atoms with Crippen LogP contribution in [0.1, 0.15) is 32.6 Å². The summed E-state index contributed by atoms with van der Waals surface area (Å²) in [5.41, 5.74) is 1.55. The van der Waals surface area contributed by atoms with E-state index < -0.39 is 0 Å². The quantitative estimate of drug-likeness (QED) is 0.629. The van der Waals surface area contributed by atoms with Gasteiger partial charge < -0.3 is 10.6 Å². The number of para-hydroxylation sites is 1. The van der Waals surface area contributed by atoms with E-state index >= 15 is 0 Å². The van der Waals surface area contributed by atoms with Crippen molar-refractivity contribution in [2.24, 2.45) is 5.41 Å². The van der Waals surface area contributed by atoms with Crippen molar-refractivity contribution in [1.29, 1.82) is 0 Å². The lowest BCUT2D eigenvalue weighted by molar-refractivity contribution is -0.383. The number of rotatable bonds is 5. The Hall–Kier alpha value is -1.78. The van der Waals surface area contributed by atoms with Gasteiger partial charge in [-0.05, 0) is 30.4 Å². The number of hydrogen-bond acceptors (Lipinski definition) is 4. The second-order valence-electron chi connectivity index (χ2n) is 5.58. The molecular formula is C14H21N3O2. The Bertz CT molecular complexity index is 468. The molecule has 1 aromatic carbocycles. The molecule has 104 valence electrons. The molecule has 5 nitrogen and oxygen atoms in total. The zero-order valence-electron chi connectivity index (χ0n) is 11.5. The van der Waals surface area contributed by atoms with Crippen LogP contribution in [0.3, 0.4) is 0 Å².